The molecule has 0 heterocycles. The maximum absolute atomic E-state index is 9.58. The van der Waals surface area contributed by atoms with E-state index in [0.717, 1.165) is 25.7 Å². The highest BCUT2D eigenvalue weighted by molar-refractivity contribution is 6.99. The zero-order chi connectivity index (χ0) is 22.7. The van der Waals surface area contributed by atoms with Crippen LogP contribution in [0.3, 0.4) is 0 Å². The van der Waals surface area contributed by atoms with E-state index in [-0.39, 0.29) is 24.0 Å². The molecule has 172 valence electrons. The van der Waals surface area contributed by atoms with Crippen molar-refractivity contribution in [2.24, 2.45) is 0 Å². The quantitative estimate of drug-likeness (QED) is 0.365. The Balaban J connectivity index is 2.25. The molecule has 31 heavy (non-hydrogen) atoms. The third kappa shape index (κ3) is 7.26. The number of methoxy groups -OCH3 is 1. The lowest BCUT2D eigenvalue weighted by molar-refractivity contribution is -0.0803. The smallest absolute Gasteiger partial charge is 0.261 e. The minimum absolute atomic E-state index is 0.0368. The summed E-state index contributed by atoms with van der Waals surface area (Å²) >= 11 is 0. The van der Waals surface area contributed by atoms with Crippen LogP contribution in [0.2, 0.25) is 5.04 Å². The van der Waals surface area contributed by atoms with Crippen LogP contribution in [0.1, 0.15) is 53.4 Å². The van der Waals surface area contributed by atoms with Crippen LogP contribution in [0.15, 0.2) is 60.7 Å². The van der Waals surface area contributed by atoms with Gasteiger partial charge >= 0.3 is 0 Å². The van der Waals surface area contributed by atoms with Crippen molar-refractivity contribution in [3.8, 4) is 0 Å². The summed E-state index contributed by atoms with van der Waals surface area (Å²) in [5.74, 6) is 0. The van der Waals surface area contributed by atoms with Gasteiger partial charge in [0, 0.05) is 13.7 Å². The van der Waals surface area contributed by atoms with Crippen molar-refractivity contribution in [2.75, 3.05) is 20.5 Å². The summed E-state index contributed by atoms with van der Waals surface area (Å²) < 4.78 is 18.0. The molecule has 0 saturated carbocycles. The second-order valence-corrected chi connectivity index (χ2v) is 13.6. The molecule has 2 aromatic carbocycles. The summed E-state index contributed by atoms with van der Waals surface area (Å²) in [5.41, 5.74) is 0. The maximum Gasteiger partial charge on any atom is 0.261 e. The third-order valence-corrected chi connectivity index (χ3v) is 10.8. The fourth-order valence-electron chi connectivity index (χ4n) is 4.22. The van der Waals surface area contributed by atoms with Crippen molar-refractivity contribution in [3.05, 3.63) is 60.7 Å². The summed E-state index contributed by atoms with van der Waals surface area (Å²) in [6.45, 7) is 9.61. The molecule has 0 amide bonds. The monoisotopic (exact) mass is 444 g/mol. The Hall–Kier alpha value is -1.50. The van der Waals surface area contributed by atoms with Crippen LogP contribution in [0.5, 0.6) is 0 Å². The van der Waals surface area contributed by atoms with Gasteiger partial charge in [0.1, 0.15) is 6.79 Å². The molecular formula is C26H40O4Si. The molecule has 2 rings (SSSR count). The summed E-state index contributed by atoms with van der Waals surface area (Å²) in [5, 5.41) is 12.1. The van der Waals surface area contributed by atoms with Gasteiger partial charge in [-0.3, -0.25) is 0 Å². The highest BCUT2D eigenvalue weighted by Gasteiger charge is 2.50. The van der Waals surface area contributed by atoms with E-state index >= 15 is 0 Å². The van der Waals surface area contributed by atoms with Crippen LogP contribution < -0.4 is 10.4 Å². The van der Waals surface area contributed by atoms with Crippen LogP contribution in [-0.4, -0.2) is 46.1 Å². The Labute approximate surface area is 189 Å². The van der Waals surface area contributed by atoms with Crippen molar-refractivity contribution in [2.45, 2.75) is 70.6 Å². The van der Waals surface area contributed by atoms with E-state index < -0.39 is 8.32 Å². The van der Waals surface area contributed by atoms with Gasteiger partial charge in [0.05, 0.1) is 12.2 Å². The van der Waals surface area contributed by atoms with Crippen molar-refractivity contribution in [1.29, 1.82) is 0 Å². The molecule has 5 heteroatoms. The summed E-state index contributed by atoms with van der Waals surface area (Å²) in [6.07, 6.45) is 3.16. The van der Waals surface area contributed by atoms with Crippen LogP contribution in [-0.2, 0) is 13.9 Å². The van der Waals surface area contributed by atoms with E-state index in [0.29, 0.717) is 6.61 Å². The van der Waals surface area contributed by atoms with Crippen molar-refractivity contribution in [1.82, 2.24) is 0 Å². The van der Waals surface area contributed by atoms with Gasteiger partial charge in [-0.2, -0.15) is 0 Å². The van der Waals surface area contributed by atoms with Crippen LogP contribution >= 0.6 is 0 Å². The molecule has 2 atom stereocenters. The van der Waals surface area contributed by atoms with Gasteiger partial charge in [0.25, 0.3) is 8.32 Å². The number of ether oxygens (including phenoxy) is 2. The molecule has 0 spiro atoms. The predicted molar refractivity (Wildman–Crippen MR) is 130 cm³/mol. The molecule has 4 nitrogen and oxygen atoms in total. The van der Waals surface area contributed by atoms with E-state index in [1.54, 1.807) is 7.11 Å². The number of aliphatic hydroxyl groups is 1. The maximum atomic E-state index is 9.58. The second kappa shape index (κ2) is 12.5. The fourth-order valence-corrected chi connectivity index (χ4v) is 8.80. The van der Waals surface area contributed by atoms with E-state index in [4.69, 9.17) is 13.9 Å². The Kier molecular flexibility index (Phi) is 10.4. The van der Waals surface area contributed by atoms with Gasteiger partial charge in [-0.05, 0) is 48.0 Å². The number of aliphatic hydroxyl groups excluding tert-OH is 1. The molecule has 0 aliphatic rings. The first kappa shape index (κ1) is 25.8. The Morgan fingerprint density at radius 2 is 1.42 bits per heavy atom. The number of benzene rings is 2. The highest BCUT2D eigenvalue weighted by atomic mass is 28.4. The van der Waals surface area contributed by atoms with Gasteiger partial charge in [-0.1, -0.05) is 81.4 Å². The molecule has 0 bridgehead atoms. The zero-order valence-electron chi connectivity index (χ0n) is 19.8. The summed E-state index contributed by atoms with van der Waals surface area (Å²) in [4.78, 5) is 0. The summed E-state index contributed by atoms with van der Waals surface area (Å²) in [7, 11) is -0.879. The van der Waals surface area contributed by atoms with E-state index in [9.17, 15) is 5.11 Å². The van der Waals surface area contributed by atoms with Gasteiger partial charge in [-0.15, -0.1) is 0 Å². The van der Waals surface area contributed by atoms with Gasteiger partial charge < -0.3 is 19.0 Å². The molecule has 0 aromatic heterocycles. The molecular weight excluding hydrogens is 404 g/mol. The molecule has 0 fully saturated rings. The largest absolute Gasteiger partial charge is 0.407 e. The van der Waals surface area contributed by atoms with Crippen molar-refractivity contribution in [3.63, 3.8) is 0 Å². The molecule has 0 saturated heterocycles. The second-order valence-electron chi connectivity index (χ2n) is 9.28. The van der Waals surface area contributed by atoms with E-state index in [2.05, 4.69) is 81.4 Å². The lowest BCUT2D eigenvalue weighted by Gasteiger charge is -2.43. The Morgan fingerprint density at radius 1 is 0.871 bits per heavy atom. The first-order valence-electron chi connectivity index (χ1n) is 11.3. The molecule has 2 aromatic rings. The van der Waals surface area contributed by atoms with E-state index in [1.807, 2.05) is 6.92 Å². The van der Waals surface area contributed by atoms with Crippen LogP contribution in [0, 0.1) is 0 Å². The van der Waals surface area contributed by atoms with Gasteiger partial charge in [0.2, 0.25) is 0 Å². The fraction of sp³-hybridized carbons (Fsp3) is 0.538. The summed E-state index contributed by atoms with van der Waals surface area (Å²) in [6, 6.07) is 21.4. The molecule has 1 N–H and O–H groups in total. The molecule has 0 radical (unpaired) electrons. The first-order valence-corrected chi connectivity index (χ1v) is 13.3. The number of hydrogen-bond donors (Lipinski definition) is 1. The first-order chi connectivity index (χ1) is 14.8. The topological polar surface area (TPSA) is 47.9 Å². The van der Waals surface area contributed by atoms with E-state index in [1.165, 1.54) is 10.4 Å². The SMILES string of the molecule is COCO[C@H](CCC[C@H](C)O)CCO[Si](c1ccccc1)(c1ccccc1)C(C)(C)C. The Bertz CT molecular complexity index is 689. The van der Waals surface area contributed by atoms with Gasteiger partial charge in [0.15, 0.2) is 0 Å². The molecule has 0 aliphatic carbocycles. The van der Waals surface area contributed by atoms with Crippen molar-refractivity contribution >= 4 is 18.7 Å². The normalized spacial score (nSPS) is 14.4. The van der Waals surface area contributed by atoms with Gasteiger partial charge in [-0.25, -0.2) is 0 Å². The Morgan fingerprint density at radius 3 is 1.87 bits per heavy atom. The third-order valence-electron chi connectivity index (χ3n) is 5.74. The van der Waals surface area contributed by atoms with Crippen LogP contribution in [0.25, 0.3) is 0 Å². The average molecular weight is 445 g/mol. The van der Waals surface area contributed by atoms with Crippen molar-refractivity contribution < 1.29 is 19.0 Å². The molecule has 0 unspecified atom stereocenters. The molecule has 0 aliphatic heterocycles. The van der Waals surface area contributed by atoms with Crippen LogP contribution in [0.4, 0.5) is 0 Å². The lowest BCUT2D eigenvalue weighted by Crippen LogP contribution is -2.66. The minimum Gasteiger partial charge on any atom is -0.407 e. The predicted octanol–water partition coefficient (Wildman–Crippen LogP) is 4.49. The lowest BCUT2D eigenvalue weighted by atomic mass is 10.1. The zero-order valence-corrected chi connectivity index (χ0v) is 20.8. The standard InChI is InChI=1S/C26H40O4Si/c1-22(27)13-12-14-23(29-21-28-5)19-20-30-31(26(2,3)4,24-15-8-6-9-16-24)25-17-10-7-11-18-25/h6-11,15-18,22-23,27H,12-14,19-21H2,1-5H3/t22-,23+/m0/s1. The number of hydrogen-bond acceptors (Lipinski definition) is 4. The number of rotatable bonds is 13. The minimum atomic E-state index is -2.52. The highest BCUT2D eigenvalue weighted by Crippen LogP contribution is 2.36. The average Bonchev–Trinajstić information content (AvgIpc) is 2.74.